The van der Waals surface area contributed by atoms with Crippen molar-refractivity contribution in [3.63, 3.8) is 0 Å². The minimum absolute atomic E-state index is 0.394. The highest BCUT2D eigenvalue weighted by molar-refractivity contribution is 5.14. The maximum absolute atomic E-state index is 2.69. The van der Waals surface area contributed by atoms with Crippen LogP contribution in [0.1, 0.15) is 71.8 Å². The minimum atomic E-state index is 0.394. The van der Waals surface area contributed by atoms with E-state index in [0.29, 0.717) is 16.4 Å². The average molecular weight is 328 g/mol. The summed E-state index contributed by atoms with van der Waals surface area (Å²) in [5.41, 5.74) is 2.97. The SMILES string of the molecule is CN(CCCc1ccccc1)C1(C)CC2CC(C)(C)CC(C)(C2)C1. The molecule has 2 fully saturated rings. The Labute approximate surface area is 149 Å². The zero-order valence-electron chi connectivity index (χ0n) is 16.6. The van der Waals surface area contributed by atoms with Crippen molar-refractivity contribution in [1.29, 1.82) is 0 Å². The molecule has 1 nitrogen and oxygen atoms in total. The molecular weight excluding hydrogens is 290 g/mol. The van der Waals surface area contributed by atoms with E-state index in [4.69, 9.17) is 0 Å². The number of rotatable bonds is 5. The molecule has 2 aliphatic carbocycles. The van der Waals surface area contributed by atoms with E-state index in [1.165, 1.54) is 57.1 Å². The van der Waals surface area contributed by atoms with Crippen LogP contribution in [0.3, 0.4) is 0 Å². The van der Waals surface area contributed by atoms with Gasteiger partial charge in [0.15, 0.2) is 0 Å². The summed E-state index contributed by atoms with van der Waals surface area (Å²) in [6.07, 6.45) is 9.54. The first kappa shape index (κ1) is 18.0. The van der Waals surface area contributed by atoms with Gasteiger partial charge >= 0.3 is 0 Å². The van der Waals surface area contributed by atoms with Crippen LogP contribution in [0.2, 0.25) is 0 Å². The average Bonchev–Trinajstić information content (AvgIpc) is 2.44. The largest absolute Gasteiger partial charge is 0.301 e. The summed E-state index contributed by atoms with van der Waals surface area (Å²) in [5.74, 6) is 0.925. The number of fused-ring (bicyclic) bond motifs is 2. The molecule has 2 saturated carbocycles. The number of nitrogens with zero attached hydrogens (tertiary/aromatic N) is 1. The van der Waals surface area contributed by atoms with Gasteiger partial charge in [0.25, 0.3) is 0 Å². The summed E-state index contributed by atoms with van der Waals surface area (Å²) in [6, 6.07) is 10.9. The van der Waals surface area contributed by atoms with Crippen LogP contribution in [0, 0.1) is 16.7 Å². The first-order valence-electron chi connectivity index (χ1n) is 9.95. The fourth-order valence-electron chi connectivity index (χ4n) is 6.47. The van der Waals surface area contributed by atoms with Crippen LogP contribution >= 0.6 is 0 Å². The standard InChI is InChI=1S/C23H37N/c1-21(2)14-20-15-22(3,17-21)18-23(4,16-20)24(5)13-9-12-19-10-7-6-8-11-19/h6-8,10-11,20H,9,12-18H2,1-5H3. The van der Waals surface area contributed by atoms with E-state index in [2.05, 4.69) is 70.0 Å². The van der Waals surface area contributed by atoms with Gasteiger partial charge in [-0.15, -0.1) is 0 Å². The lowest BCUT2D eigenvalue weighted by molar-refractivity contribution is -0.0662. The highest BCUT2D eigenvalue weighted by Crippen LogP contribution is 2.58. The topological polar surface area (TPSA) is 3.24 Å². The third kappa shape index (κ3) is 4.04. The van der Waals surface area contributed by atoms with Crippen LogP contribution in [0.5, 0.6) is 0 Å². The van der Waals surface area contributed by atoms with Crippen molar-refractivity contribution < 1.29 is 0 Å². The van der Waals surface area contributed by atoms with Crippen molar-refractivity contribution in [1.82, 2.24) is 4.90 Å². The Morgan fingerprint density at radius 2 is 1.67 bits per heavy atom. The zero-order valence-corrected chi connectivity index (χ0v) is 16.6. The summed E-state index contributed by atoms with van der Waals surface area (Å²) in [4.78, 5) is 2.69. The van der Waals surface area contributed by atoms with Crippen molar-refractivity contribution in [2.45, 2.75) is 78.2 Å². The van der Waals surface area contributed by atoms with E-state index < -0.39 is 0 Å². The summed E-state index contributed by atoms with van der Waals surface area (Å²) in [5, 5.41) is 0. The van der Waals surface area contributed by atoms with E-state index in [0.717, 1.165) is 5.92 Å². The molecule has 1 heteroatoms. The van der Waals surface area contributed by atoms with Gasteiger partial charge in [0.2, 0.25) is 0 Å². The Morgan fingerprint density at radius 3 is 2.33 bits per heavy atom. The van der Waals surface area contributed by atoms with Gasteiger partial charge in [-0.05, 0) is 87.8 Å². The molecule has 1 aromatic rings. The number of aryl methyl sites for hydroxylation is 1. The predicted molar refractivity (Wildman–Crippen MR) is 104 cm³/mol. The lowest BCUT2D eigenvalue weighted by atomic mass is 9.51. The summed E-state index contributed by atoms with van der Waals surface area (Å²) in [7, 11) is 2.38. The normalized spacial score (nSPS) is 35.2. The highest BCUT2D eigenvalue weighted by Gasteiger charge is 2.51. The highest BCUT2D eigenvalue weighted by atomic mass is 15.2. The second-order valence-electron chi connectivity index (χ2n) is 10.3. The van der Waals surface area contributed by atoms with Crippen LogP contribution < -0.4 is 0 Å². The summed E-state index contributed by atoms with van der Waals surface area (Å²) in [6.45, 7) is 11.3. The van der Waals surface area contributed by atoms with E-state index in [1.54, 1.807) is 0 Å². The summed E-state index contributed by atoms with van der Waals surface area (Å²) < 4.78 is 0. The lowest BCUT2D eigenvalue weighted by Crippen LogP contribution is -2.55. The fraction of sp³-hybridized carbons (Fsp3) is 0.739. The van der Waals surface area contributed by atoms with Crippen LogP contribution in [0.25, 0.3) is 0 Å². The van der Waals surface area contributed by atoms with Crippen LogP contribution in [-0.4, -0.2) is 24.0 Å². The summed E-state index contributed by atoms with van der Waals surface area (Å²) >= 11 is 0. The second-order valence-corrected chi connectivity index (χ2v) is 10.3. The van der Waals surface area contributed by atoms with Gasteiger partial charge in [0.1, 0.15) is 0 Å². The fourth-order valence-corrected chi connectivity index (χ4v) is 6.47. The molecule has 0 saturated heterocycles. The molecule has 0 aromatic heterocycles. The van der Waals surface area contributed by atoms with Gasteiger partial charge in [-0.3, -0.25) is 0 Å². The van der Waals surface area contributed by atoms with Gasteiger partial charge < -0.3 is 4.90 Å². The predicted octanol–water partition coefficient (Wildman–Crippen LogP) is 5.94. The van der Waals surface area contributed by atoms with Crippen molar-refractivity contribution in [3.8, 4) is 0 Å². The molecule has 0 amide bonds. The Bertz CT molecular complexity index is 546. The minimum Gasteiger partial charge on any atom is -0.301 e. The van der Waals surface area contributed by atoms with E-state index >= 15 is 0 Å². The van der Waals surface area contributed by atoms with Crippen molar-refractivity contribution in [3.05, 3.63) is 35.9 Å². The molecule has 3 atom stereocenters. The molecule has 2 bridgehead atoms. The molecule has 0 radical (unpaired) electrons. The van der Waals surface area contributed by atoms with Crippen molar-refractivity contribution >= 4 is 0 Å². The third-order valence-electron chi connectivity index (χ3n) is 6.79. The van der Waals surface area contributed by atoms with Crippen LogP contribution in [0.15, 0.2) is 30.3 Å². The van der Waals surface area contributed by atoms with Gasteiger partial charge in [-0.2, -0.15) is 0 Å². The van der Waals surface area contributed by atoms with E-state index in [9.17, 15) is 0 Å². The maximum atomic E-state index is 2.69. The molecule has 134 valence electrons. The van der Waals surface area contributed by atoms with Crippen LogP contribution in [0.4, 0.5) is 0 Å². The molecule has 24 heavy (non-hydrogen) atoms. The first-order chi connectivity index (χ1) is 11.2. The molecule has 0 aliphatic heterocycles. The van der Waals surface area contributed by atoms with Crippen LogP contribution in [-0.2, 0) is 6.42 Å². The van der Waals surface area contributed by atoms with E-state index in [-0.39, 0.29) is 0 Å². The van der Waals surface area contributed by atoms with E-state index in [1.807, 2.05) is 0 Å². The van der Waals surface area contributed by atoms with Crippen molar-refractivity contribution in [2.24, 2.45) is 16.7 Å². The molecular formula is C23H37N. The van der Waals surface area contributed by atoms with Gasteiger partial charge in [0, 0.05) is 5.54 Å². The number of benzene rings is 1. The smallest absolute Gasteiger partial charge is 0.0186 e. The lowest BCUT2D eigenvalue weighted by Gasteiger charge is -2.58. The molecule has 1 aromatic carbocycles. The van der Waals surface area contributed by atoms with Gasteiger partial charge in [0.05, 0.1) is 0 Å². The third-order valence-corrected chi connectivity index (χ3v) is 6.79. The van der Waals surface area contributed by atoms with Gasteiger partial charge in [-0.25, -0.2) is 0 Å². The maximum Gasteiger partial charge on any atom is 0.0186 e. The molecule has 0 spiro atoms. The molecule has 0 N–H and O–H groups in total. The number of hydrogen-bond acceptors (Lipinski definition) is 1. The second kappa shape index (κ2) is 6.48. The molecule has 3 rings (SSSR count). The Balaban J connectivity index is 1.59. The molecule has 2 aliphatic rings. The first-order valence-corrected chi connectivity index (χ1v) is 9.95. The van der Waals surface area contributed by atoms with Gasteiger partial charge in [-0.1, -0.05) is 51.1 Å². The van der Waals surface area contributed by atoms with Crippen molar-refractivity contribution in [2.75, 3.05) is 13.6 Å². The Hall–Kier alpha value is -0.820. The Morgan fingerprint density at radius 1 is 0.958 bits per heavy atom. The monoisotopic (exact) mass is 327 g/mol. The Kier molecular flexibility index (Phi) is 4.86. The molecule has 3 unspecified atom stereocenters. The quantitative estimate of drug-likeness (QED) is 0.647. The zero-order chi connectivity index (χ0) is 17.4. The molecule has 0 heterocycles. The number of hydrogen-bond donors (Lipinski definition) is 0.